The molecule has 10 nitrogen and oxygen atoms in total. The fourth-order valence-electron chi connectivity index (χ4n) is 9.07. The average molecular weight is 694 g/mol. The Bertz CT molecular complexity index is 2110. The van der Waals surface area contributed by atoms with Crippen molar-refractivity contribution in [2.24, 2.45) is 5.41 Å². The van der Waals surface area contributed by atoms with Gasteiger partial charge in [-0.1, -0.05) is 31.4 Å². The Balaban J connectivity index is 1.15. The number of piperazine rings is 1. The van der Waals surface area contributed by atoms with Crippen molar-refractivity contribution in [1.82, 2.24) is 19.2 Å². The van der Waals surface area contributed by atoms with E-state index in [2.05, 4.69) is 31.3 Å². The molecule has 4 heterocycles. The Morgan fingerprint density at radius 3 is 2.46 bits per heavy atom. The van der Waals surface area contributed by atoms with E-state index in [4.69, 9.17) is 4.74 Å². The summed E-state index contributed by atoms with van der Waals surface area (Å²) in [5, 5.41) is 0.593. The van der Waals surface area contributed by atoms with Crippen LogP contribution in [0, 0.1) is 5.41 Å². The minimum absolute atomic E-state index is 0.0400. The first-order chi connectivity index (χ1) is 24.3. The smallest absolute Gasteiger partial charge is 0.264 e. The van der Waals surface area contributed by atoms with Gasteiger partial charge in [0.15, 0.2) is 0 Å². The van der Waals surface area contributed by atoms with E-state index >= 15 is 0 Å². The molecule has 2 amide bonds. The Morgan fingerprint density at radius 2 is 1.74 bits per heavy atom. The molecule has 5 aliphatic rings. The minimum Gasteiger partial charge on any atom is -0.497 e. The molecule has 0 radical (unpaired) electrons. The molecule has 0 bridgehead atoms. The zero-order chi connectivity index (χ0) is 34.2. The van der Waals surface area contributed by atoms with E-state index in [1.807, 2.05) is 41.3 Å². The number of fused-ring (bicyclic) bond motifs is 7. The quantitative estimate of drug-likeness (QED) is 0.260. The number of nitrogens with one attached hydrogen (secondary N) is 1. The summed E-state index contributed by atoms with van der Waals surface area (Å²) in [5.74, 6) is 1.68. The summed E-state index contributed by atoms with van der Waals surface area (Å²) in [4.78, 5) is 37.1. The molecule has 2 atom stereocenters. The fourth-order valence-corrected chi connectivity index (χ4v) is 10.4. The number of ether oxygens (including phenoxy) is 1. The number of rotatable bonds is 7. The van der Waals surface area contributed by atoms with Gasteiger partial charge in [-0.2, -0.15) is 0 Å². The minimum atomic E-state index is -3.70. The highest BCUT2D eigenvalue weighted by molar-refractivity contribution is 7.91. The molecule has 2 aromatic carbocycles. The van der Waals surface area contributed by atoms with Gasteiger partial charge in [-0.25, -0.2) is 18.1 Å². The van der Waals surface area contributed by atoms with Gasteiger partial charge in [0.05, 0.1) is 23.5 Å². The van der Waals surface area contributed by atoms with Crippen molar-refractivity contribution in [3.05, 3.63) is 77.5 Å². The van der Waals surface area contributed by atoms with Crippen molar-refractivity contribution in [3.8, 4) is 17.0 Å². The third-order valence-electron chi connectivity index (χ3n) is 11.9. The van der Waals surface area contributed by atoms with Crippen molar-refractivity contribution in [2.75, 3.05) is 38.2 Å². The number of hydrogen-bond donors (Lipinski definition) is 1. The topological polar surface area (TPSA) is 114 Å². The molecule has 1 N–H and O–H groups in total. The number of nitrogens with zero attached hydrogens (tertiary/aromatic N) is 4. The SMILES string of the molecule is COc1ccc2c(c1)[C@@H]1C[C@]1(C(=O)N1CCN(c3ccccn3)CC1)Cn1c-2c(C2CCCCC2)c2ccc(C(=O)NS(=O)(=O)C3CC3)cc21. The summed E-state index contributed by atoms with van der Waals surface area (Å²) in [6.07, 6.45) is 9.45. The summed E-state index contributed by atoms with van der Waals surface area (Å²) >= 11 is 0. The standard InChI is InChI=1S/C39H43N5O5S/c1-49-27-11-15-29-31(22-27)32-23-39(32,38(46)43-19-17-42(18-20-43)34-9-5-6-16-40-34)24-44-33-21-26(37(45)41-50(47,48)28-12-13-28)10-14-30(33)35(36(29)44)25-7-3-2-4-8-25/h5-6,9-11,14-16,21-22,25,28,32H,2-4,7-8,12-13,17-20,23-24H2,1H3,(H,41,45)/t32-,39-/m0/s1. The van der Waals surface area contributed by atoms with Crippen LogP contribution in [0.5, 0.6) is 5.75 Å². The highest BCUT2D eigenvalue weighted by Crippen LogP contribution is 2.66. The first kappa shape index (κ1) is 31.6. The number of carbonyl (C=O) groups is 2. The number of pyridine rings is 1. The van der Waals surface area contributed by atoms with Gasteiger partial charge in [-0.05, 0) is 91.6 Å². The summed E-state index contributed by atoms with van der Waals surface area (Å²) in [6.45, 7) is 3.19. The summed E-state index contributed by atoms with van der Waals surface area (Å²) in [6, 6.07) is 17.9. The van der Waals surface area contributed by atoms with Gasteiger partial charge in [0.1, 0.15) is 11.6 Å². The van der Waals surface area contributed by atoms with Gasteiger partial charge in [0.25, 0.3) is 5.91 Å². The van der Waals surface area contributed by atoms with Crippen LogP contribution in [0.3, 0.4) is 0 Å². The zero-order valence-electron chi connectivity index (χ0n) is 28.4. The lowest BCUT2D eigenvalue weighted by Crippen LogP contribution is -2.51. The lowest BCUT2D eigenvalue weighted by Gasteiger charge is -2.37. The second-order valence-corrected chi connectivity index (χ2v) is 16.9. The second-order valence-electron chi connectivity index (χ2n) is 14.9. The molecule has 0 spiro atoms. The molecule has 9 rings (SSSR count). The Labute approximate surface area is 292 Å². The predicted octanol–water partition coefficient (Wildman–Crippen LogP) is 5.82. The van der Waals surface area contributed by atoms with Crippen LogP contribution >= 0.6 is 0 Å². The Morgan fingerprint density at radius 1 is 0.940 bits per heavy atom. The molecule has 2 aliphatic heterocycles. The van der Waals surface area contributed by atoms with Crippen LogP contribution in [0.15, 0.2) is 60.8 Å². The van der Waals surface area contributed by atoms with E-state index in [0.29, 0.717) is 44.0 Å². The molecule has 11 heteroatoms. The predicted molar refractivity (Wildman–Crippen MR) is 192 cm³/mol. The third kappa shape index (κ3) is 5.18. The first-order valence-electron chi connectivity index (χ1n) is 18.1. The normalized spacial score (nSPS) is 23.4. The Hall–Kier alpha value is -4.38. The van der Waals surface area contributed by atoms with Gasteiger partial charge < -0.3 is 19.1 Å². The van der Waals surface area contributed by atoms with Gasteiger partial charge in [0, 0.05) is 66.9 Å². The molecule has 50 heavy (non-hydrogen) atoms. The van der Waals surface area contributed by atoms with Gasteiger partial charge >= 0.3 is 0 Å². The number of methoxy groups -OCH3 is 1. The molecule has 3 saturated carbocycles. The molecule has 260 valence electrons. The first-order valence-corrected chi connectivity index (χ1v) is 19.7. The number of aromatic nitrogens is 2. The third-order valence-corrected chi connectivity index (χ3v) is 13.8. The maximum atomic E-state index is 14.8. The highest BCUT2D eigenvalue weighted by atomic mass is 32.2. The van der Waals surface area contributed by atoms with Crippen LogP contribution in [0.1, 0.15) is 84.7 Å². The molecule has 0 unspecified atom stereocenters. The molecule has 4 aromatic rings. The monoisotopic (exact) mass is 693 g/mol. The number of benzene rings is 2. The van der Waals surface area contributed by atoms with E-state index < -0.39 is 26.6 Å². The Kier molecular flexibility index (Phi) is 7.49. The lowest BCUT2D eigenvalue weighted by molar-refractivity contribution is -0.138. The van der Waals surface area contributed by atoms with E-state index in [-0.39, 0.29) is 11.8 Å². The molecular weight excluding hydrogens is 651 g/mol. The van der Waals surface area contributed by atoms with Crippen molar-refractivity contribution in [3.63, 3.8) is 0 Å². The summed E-state index contributed by atoms with van der Waals surface area (Å²) in [5.41, 5.74) is 5.26. The van der Waals surface area contributed by atoms with Crippen LogP contribution in [-0.4, -0.2) is 73.2 Å². The van der Waals surface area contributed by atoms with Crippen LogP contribution in [0.25, 0.3) is 22.2 Å². The van der Waals surface area contributed by atoms with Crippen molar-refractivity contribution >= 4 is 38.6 Å². The van der Waals surface area contributed by atoms with E-state index in [1.54, 1.807) is 19.4 Å². The molecular formula is C39H43N5O5S. The fraction of sp³-hybridized carbons (Fsp3) is 0.462. The largest absolute Gasteiger partial charge is 0.497 e. The summed E-state index contributed by atoms with van der Waals surface area (Å²) in [7, 11) is -2.02. The zero-order valence-corrected chi connectivity index (χ0v) is 29.3. The van der Waals surface area contributed by atoms with Crippen LogP contribution in [0.2, 0.25) is 0 Å². The number of hydrogen-bond acceptors (Lipinski definition) is 7. The number of carbonyl (C=O) groups excluding carboxylic acids is 2. The summed E-state index contributed by atoms with van der Waals surface area (Å²) < 4.78 is 35.9. The number of amides is 2. The van der Waals surface area contributed by atoms with E-state index in [9.17, 15) is 18.0 Å². The van der Waals surface area contributed by atoms with E-state index in [1.165, 1.54) is 24.8 Å². The van der Waals surface area contributed by atoms with Crippen molar-refractivity contribution < 1.29 is 22.7 Å². The lowest BCUT2D eigenvalue weighted by atomic mass is 9.81. The molecule has 2 aromatic heterocycles. The molecule has 4 fully saturated rings. The van der Waals surface area contributed by atoms with Crippen molar-refractivity contribution in [2.45, 2.75) is 75.0 Å². The number of sulfonamides is 1. The maximum Gasteiger partial charge on any atom is 0.264 e. The number of anilines is 1. The van der Waals surface area contributed by atoms with Gasteiger partial charge in [-0.15, -0.1) is 0 Å². The molecule has 3 aliphatic carbocycles. The van der Waals surface area contributed by atoms with Gasteiger partial charge in [0.2, 0.25) is 15.9 Å². The van der Waals surface area contributed by atoms with Crippen LogP contribution < -0.4 is 14.4 Å². The van der Waals surface area contributed by atoms with Crippen LogP contribution in [0.4, 0.5) is 5.82 Å². The average Bonchev–Trinajstić information content (AvgIpc) is 4.08. The van der Waals surface area contributed by atoms with Crippen molar-refractivity contribution in [1.29, 1.82) is 0 Å². The van der Waals surface area contributed by atoms with Gasteiger partial charge in [-0.3, -0.25) is 9.59 Å². The highest BCUT2D eigenvalue weighted by Gasteiger charge is 2.64. The maximum absolute atomic E-state index is 14.8. The second kappa shape index (κ2) is 11.9. The molecule has 1 saturated heterocycles. The van der Waals surface area contributed by atoms with E-state index in [0.717, 1.165) is 71.6 Å². The van der Waals surface area contributed by atoms with Crippen LogP contribution in [-0.2, 0) is 21.4 Å².